The third kappa shape index (κ3) is 3.76. The second kappa shape index (κ2) is 8.25. The molecule has 1 fully saturated rings. The Balaban J connectivity index is 1.97. The number of Topliss-reactive ketones (excluding diaryl/α,β-unsaturated/α-hetero) is 1. The summed E-state index contributed by atoms with van der Waals surface area (Å²) in [5.41, 5.74) is 8.05. The van der Waals surface area contributed by atoms with Gasteiger partial charge in [-0.1, -0.05) is 49.4 Å². The normalized spacial score (nSPS) is 18.4. The lowest BCUT2D eigenvalue weighted by molar-refractivity contribution is -0.140. The number of carbonyl (C=O) groups is 3. The second-order valence-electron chi connectivity index (χ2n) is 6.98. The summed E-state index contributed by atoms with van der Waals surface area (Å²) in [7, 11) is 0. The fourth-order valence-corrected chi connectivity index (χ4v) is 3.82. The van der Waals surface area contributed by atoms with Gasteiger partial charge in [0, 0.05) is 11.6 Å². The van der Waals surface area contributed by atoms with E-state index >= 15 is 0 Å². The van der Waals surface area contributed by atoms with E-state index in [-0.39, 0.29) is 18.3 Å². The number of carbonyl (C=O) groups excluding carboxylic acids is 3. The number of rotatable bonds is 6. The van der Waals surface area contributed by atoms with Crippen molar-refractivity contribution in [2.24, 2.45) is 5.92 Å². The molecule has 28 heavy (non-hydrogen) atoms. The number of amides is 2. The maximum absolute atomic E-state index is 13.4. The van der Waals surface area contributed by atoms with Crippen LogP contribution < -0.4 is 5.73 Å². The Labute approximate surface area is 164 Å². The average Bonchev–Trinajstić information content (AvgIpc) is 3.07. The molecule has 0 aromatic heterocycles. The van der Waals surface area contributed by atoms with E-state index in [1.54, 1.807) is 18.2 Å². The Morgan fingerprint density at radius 3 is 2.50 bits per heavy atom. The maximum atomic E-state index is 13.4. The minimum Gasteiger partial charge on any atom is -0.446 e. The number of nitrogens with zero attached hydrogens (tertiary/aromatic N) is 1. The van der Waals surface area contributed by atoms with E-state index in [4.69, 9.17) is 10.5 Å². The van der Waals surface area contributed by atoms with E-state index in [1.807, 2.05) is 43.3 Å². The number of hydrogen-bond donors (Lipinski definition) is 1. The van der Waals surface area contributed by atoms with Gasteiger partial charge in [0.25, 0.3) is 0 Å². The van der Waals surface area contributed by atoms with Crippen LogP contribution >= 0.6 is 0 Å². The van der Waals surface area contributed by atoms with E-state index in [0.717, 1.165) is 16.0 Å². The largest absolute Gasteiger partial charge is 0.446 e. The minimum absolute atomic E-state index is 0.0777. The summed E-state index contributed by atoms with van der Waals surface area (Å²) in [5.74, 6) is -2.18. The first-order chi connectivity index (χ1) is 13.4. The van der Waals surface area contributed by atoms with Crippen LogP contribution in [-0.4, -0.2) is 29.3 Å². The molecule has 0 radical (unpaired) electrons. The zero-order valence-corrected chi connectivity index (χ0v) is 16.0. The highest BCUT2D eigenvalue weighted by Gasteiger charge is 2.45. The zero-order valence-electron chi connectivity index (χ0n) is 16.0. The van der Waals surface area contributed by atoms with Gasteiger partial charge in [-0.25, -0.2) is 9.69 Å². The quantitative estimate of drug-likeness (QED) is 0.610. The van der Waals surface area contributed by atoms with E-state index < -0.39 is 24.0 Å². The molecule has 0 aliphatic carbocycles. The summed E-state index contributed by atoms with van der Waals surface area (Å²) in [5, 5.41) is 0. The van der Waals surface area contributed by atoms with Crippen LogP contribution in [0, 0.1) is 5.92 Å². The molecule has 1 aliphatic rings. The SMILES string of the molecule is CC[C@H](c1cccc(N)c1)[C@@H](C(C)=O)C(=O)N1C(=O)OC[C@H]1c1ccccc1. The van der Waals surface area contributed by atoms with Gasteiger partial charge in [-0.15, -0.1) is 0 Å². The number of nitrogen functional groups attached to an aromatic ring is 1. The molecule has 2 amide bonds. The van der Waals surface area contributed by atoms with Crippen LogP contribution in [0.5, 0.6) is 0 Å². The van der Waals surface area contributed by atoms with E-state index in [2.05, 4.69) is 0 Å². The van der Waals surface area contributed by atoms with Crippen LogP contribution in [0.3, 0.4) is 0 Å². The van der Waals surface area contributed by atoms with Gasteiger partial charge < -0.3 is 10.5 Å². The first kappa shape index (κ1) is 19.6. The molecule has 2 aromatic carbocycles. The average molecular weight is 380 g/mol. The van der Waals surface area contributed by atoms with Crippen molar-refractivity contribution in [1.29, 1.82) is 0 Å². The molecule has 2 N–H and O–H groups in total. The summed E-state index contributed by atoms with van der Waals surface area (Å²) in [6.07, 6.45) is -0.161. The summed E-state index contributed by atoms with van der Waals surface area (Å²) >= 11 is 0. The highest BCUT2D eigenvalue weighted by molar-refractivity contribution is 6.06. The van der Waals surface area contributed by atoms with Crippen molar-refractivity contribution in [1.82, 2.24) is 4.90 Å². The van der Waals surface area contributed by atoms with Crippen LogP contribution in [0.4, 0.5) is 10.5 Å². The van der Waals surface area contributed by atoms with Gasteiger partial charge in [0.15, 0.2) is 0 Å². The topological polar surface area (TPSA) is 89.7 Å². The molecule has 3 atom stereocenters. The van der Waals surface area contributed by atoms with Crippen LogP contribution in [-0.2, 0) is 14.3 Å². The number of benzene rings is 2. The van der Waals surface area contributed by atoms with Crippen molar-refractivity contribution in [2.75, 3.05) is 12.3 Å². The number of ketones is 1. The van der Waals surface area contributed by atoms with Gasteiger partial charge in [-0.05, 0) is 36.6 Å². The minimum atomic E-state index is -0.983. The first-order valence-electron chi connectivity index (χ1n) is 9.34. The van der Waals surface area contributed by atoms with E-state index in [9.17, 15) is 14.4 Å². The highest BCUT2D eigenvalue weighted by atomic mass is 16.6. The van der Waals surface area contributed by atoms with Crippen molar-refractivity contribution in [3.63, 3.8) is 0 Å². The maximum Gasteiger partial charge on any atom is 0.417 e. The second-order valence-corrected chi connectivity index (χ2v) is 6.98. The van der Waals surface area contributed by atoms with Crippen LogP contribution in [0.15, 0.2) is 54.6 Å². The van der Waals surface area contributed by atoms with Gasteiger partial charge in [-0.3, -0.25) is 9.59 Å². The first-order valence-corrected chi connectivity index (χ1v) is 9.34. The number of ether oxygens (including phenoxy) is 1. The van der Waals surface area contributed by atoms with Gasteiger partial charge in [0.05, 0.1) is 0 Å². The molecule has 1 heterocycles. The molecule has 6 heteroatoms. The molecule has 3 rings (SSSR count). The molecule has 2 aromatic rings. The summed E-state index contributed by atoms with van der Waals surface area (Å²) in [6, 6.07) is 15.8. The summed E-state index contributed by atoms with van der Waals surface area (Å²) < 4.78 is 5.16. The van der Waals surface area contributed by atoms with Crippen LogP contribution in [0.1, 0.15) is 43.4 Å². The van der Waals surface area contributed by atoms with Crippen molar-refractivity contribution in [3.05, 3.63) is 65.7 Å². The predicted octanol–water partition coefficient (Wildman–Crippen LogP) is 3.69. The van der Waals surface area contributed by atoms with Crippen molar-refractivity contribution < 1.29 is 19.1 Å². The molecule has 0 saturated carbocycles. The molecule has 146 valence electrons. The summed E-state index contributed by atoms with van der Waals surface area (Å²) in [4.78, 5) is 39.4. The Kier molecular flexibility index (Phi) is 5.78. The molecule has 0 unspecified atom stereocenters. The lowest BCUT2D eigenvalue weighted by Gasteiger charge is -2.29. The number of cyclic esters (lactones) is 1. The van der Waals surface area contributed by atoms with Crippen molar-refractivity contribution >= 4 is 23.5 Å². The molecule has 0 bridgehead atoms. The number of hydrogen-bond acceptors (Lipinski definition) is 5. The molecule has 6 nitrogen and oxygen atoms in total. The Morgan fingerprint density at radius 2 is 1.89 bits per heavy atom. The molecule has 0 spiro atoms. The Morgan fingerprint density at radius 1 is 1.18 bits per heavy atom. The Hall–Kier alpha value is -3.15. The molecular formula is C22H24N2O4. The van der Waals surface area contributed by atoms with Gasteiger partial charge in [-0.2, -0.15) is 0 Å². The van der Waals surface area contributed by atoms with Gasteiger partial charge in [0.2, 0.25) is 5.91 Å². The standard InChI is InChI=1S/C22H24N2O4/c1-3-18(16-10-7-11-17(23)12-16)20(14(2)25)21(26)24-19(13-28-22(24)27)15-8-5-4-6-9-15/h4-12,18-20H,3,13,23H2,1-2H3/t18-,19+,20-/m1/s1. The number of anilines is 1. The zero-order chi connectivity index (χ0) is 20.3. The Bertz CT molecular complexity index is 881. The fraction of sp³-hybridized carbons (Fsp3) is 0.318. The lowest BCUT2D eigenvalue weighted by Crippen LogP contribution is -2.43. The summed E-state index contributed by atoms with van der Waals surface area (Å²) in [6.45, 7) is 3.37. The lowest BCUT2D eigenvalue weighted by atomic mass is 9.80. The van der Waals surface area contributed by atoms with E-state index in [0.29, 0.717) is 12.1 Å². The number of imide groups is 1. The van der Waals surface area contributed by atoms with Crippen LogP contribution in [0.25, 0.3) is 0 Å². The number of nitrogens with two attached hydrogens (primary N) is 1. The molecule has 1 saturated heterocycles. The third-order valence-corrected chi connectivity index (χ3v) is 5.18. The monoisotopic (exact) mass is 380 g/mol. The van der Waals surface area contributed by atoms with Crippen molar-refractivity contribution in [3.8, 4) is 0 Å². The van der Waals surface area contributed by atoms with Crippen LogP contribution in [0.2, 0.25) is 0 Å². The van der Waals surface area contributed by atoms with E-state index in [1.165, 1.54) is 6.92 Å². The smallest absolute Gasteiger partial charge is 0.417 e. The van der Waals surface area contributed by atoms with Gasteiger partial charge in [0.1, 0.15) is 24.3 Å². The fourth-order valence-electron chi connectivity index (χ4n) is 3.82. The predicted molar refractivity (Wildman–Crippen MR) is 105 cm³/mol. The van der Waals surface area contributed by atoms with Gasteiger partial charge >= 0.3 is 6.09 Å². The highest BCUT2D eigenvalue weighted by Crippen LogP contribution is 2.35. The third-order valence-electron chi connectivity index (χ3n) is 5.18. The molecular weight excluding hydrogens is 356 g/mol. The molecule has 1 aliphatic heterocycles. The van der Waals surface area contributed by atoms with Crippen molar-refractivity contribution in [2.45, 2.75) is 32.2 Å².